The number of carbonyl (C=O) groups is 1. The molecule has 3 rings (SSSR count). The van der Waals surface area contributed by atoms with Gasteiger partial charge in [-0.2, -0.15) is 4.31 Å². The molecule has 0 fully saturated rings. The number of aromatic nitrogens is 1. The Labute approximate surface area is 158 Å². The van der Waals surface area contributed by atoms with Gasteiger partial charge in [-0.3, -0.25) is 9.78 Å². The third-order valence-electron chi connectivity index (χ3n) is 4.46. The van der Waals surface area contributed by atoms with Crippen LogP contribution in [0.4, 0.5) is 5.69 Å². The van der Waals surface area contributed by atoms with Crippen molar-refractivity contribution in [2.24, 2.45) is 0 Å². The first-order valence-electron chi connectivity index (χ1n) is 8.27. The lowest BCUT2D eigenvalue weighted by Crippen LogP contribution is -2.36. The first-order valence-corrected chi connectivity index (χ1v) is 10.1. The number of benzene rings is 1. The highest BCUT2D eigenvalue weighted by Gasteiger charge is 2.26. The Morgan fingerprint density at radius 3 is 2.59 bits per heavy atom. The summed E-state index contributed by atoms with van der Waals surface area (Å²) in [6, 6.07) is 5.09. The lowest BCUT2D eigenvalue weighted by atomic mass is 9.98. The molecule has 0 spiro atoms. The van der Waals surface area contributed by atoms with Crippen molar-refractivity contribution in [2.75, 3.05) is 32.3 Å². The Morgan fingerprint density at radius 1 is 1.19 bits per heavy atom. The quantitative estimate of drug-likeness (QED) is 0.833. The molecule has 2 heterocycles. The summed E-state index contributed by atoms with van der Waals surface area (Å²) in [5.41, 5.74) is 2.56. The smallest absolute Gasteiger partial charge is 0.257 e. The zero-order valence-corrected chi connectivity index (χ0v) is 16.2. The average Bonchev–Trinajstić information content (AvgIpc) is 2.66. The van der Waals surface area contributed by atoms with E-state index in [9.17, 15) is 13.2 Å². The van der Waals surface area contributed by atoms with Gasteiger partial charge in [-0.1, -0.05) is 0 Å². The fraction of sp³-hybridized carbons (Fsp3) is 0.333. The predicted octanol–water partition coefficient (Wildman–Crippen LogP) is 1.67. The fourth-order valence-electron chi connectivity index (χ4n) is 3.06. The second-order valence-electron chi connectivity index (χ2n) is 6.20. The molecule has 144 valence electrons. The SMILES string of the molecule is COc1ccc(NC(=O)c2cncc3c2CCN(S(C)(=O)=O)C3)cc1OC. The molecule has 27 heavy (non-hydrogen) atoms. The Balaban J connectivity index is 1.85. The zero-order valence-electron chi connectivity index (χ0n) is 15.4. The lowest BCUT2D eigenvalue weighted by Gasteiger charge is -2.27. The molecule has 0 radical (unpaired) electrons. The van der Waals surface area contributed by atoms with Gasteiger partial charge in [0.15, 0.2) is 11.5 Å². The molecule has 0 saturated carbocycles. The minimum Gasteiger partial charge on any atom is -0.493 e. The summed E-state index contributed by atoms with van der Waals surface area (Å²) >= 11 is 0. The molecule has 0 saturated heterocycles. The van der Waals surface area contributed by atoms with Crippen LogP contribution in [0.15, 0.2) is 30.6 Å². The Bertz CT molecular complexity index is 975. The van der Waals surface area contributed by atoms with E-state index >= 15 is 0 Å². The second-order valence-corrected chi connectivity index (χ2v) is 8.18. The molecular formula is C18H21N3O5S. The van der Waals surface area contributed by atoms with Gasteiger partial charge >= 0.3 is 0 Å². The lowest BCUT2D eigenvalue weighted by molar-refractivity contribution is 0.102. The molecule has 1 amide bonds. The molecule has 2 aromatic rings. The molecule has 0 aliphatic carbocycles. The standard InChI is InChI=1S/C18H21N3O5S/c1-25-16-5-4-13(8-17(16)26-2)20-18(22)15-10-19-9-12-11-21(27(3,23)24)7-6-14(12)15/h4-5,8-10H,6-7,11H2,1-3H3,(H,20,22). The van der Waals surface area contributed by atoms with Crippen molar-refractivity contribution in [2.45, 2.75) is 13.0 Å². The molecule has 0 bridgehead atoms. The maximum atomic E-state index is 12.8. The van der Waals surface area contributed by atoms with Gasteiger partial charge in [0.2, 0.25) is 10.0 Å². The summed E-state index contributed by atoms with van der Waals surface area (Å²) < 4.78 is 35.4. The normalized spacial score (nSPS) is 14.3. The Morgan fingerprint density at radius 2 is 1.93 bits per heavy atom. The van der Waals surface area contributed by atoms with Crippen LogP contribution in [0.3, 0.4) is 0 Å². The van der Waals surface area contributed by atoms with E-state index < -0.39 is 10.0 Å². The van der Waals surface area contributed by atoms with Gasteiger partial charge in [0.1, 0.15) is 0 Å². The average molecular weight is 391 g/mol. The van der Waals surface area contributed by atoms with Crippen molar-refractivity contribution in [3.8, 4) is 11.5 Å². The second kappa shape index (κ2) is 7.53. The first kappa shape index (κ1) is 19.1. The topological polar surface area (TPSA) is 97.8 Å². The molecule has 8 nitrogen and oxygen atoms in total. The molecule has 1 aromatic carbocycles. The molecule has 0 unspecified atom stereocenters. The monoisotopic (exact) mass is 391 g/mol. The van der Waals surface area contributed by atoms with E-state index in [2.05, 4.69) is 10.3 Å². The number of nitrogens with one attached hydrogen (secondary N) is 1. The van der Waals surface area contributed by atoms with Gasteiger partial charge < -0.3 is 14.8 Å². The minimum absolute atomic E-state index is 0.221. The number of sulfonamides is 1. The van der Waals surface area contributed by atoms with E-state index in [4.69, 9.17) is 9.47 Å². The van der Waals surface area contributed by atoms with E-state index in [1.165, 1.54) is 31.0 Å². The molecule has 9 heteroatoms. The summed E-state index contributed by atoms with van der Waals surface area (Å²) in [4.78, 5) is 16.9. The number of amides is 1. The highest BCUT2D eigenvalue weighted by atomic mass is 32.2. The molecule has 1 aliphatic heterocycles. The fourth-order valence-corrected chi connectivity index (χ4v) is 3.86. The summed E-state index contributed by atoms with van der Waals surface area (Å²) in [6.45, 7) is 0.561. The number of pyridine rings is 1. The van der Waals surface area contributed by atoms with E-state index in [1.54, 1.807) is 24.4 Å². The molecule has 1 aromatic heterocycles. The van der Waals surface area contributed by atoms with Crippen molar-refractivity contribution < 1.29 is 22.7 Å². The maximum absolute atomic E-state index is 12.8. The summed E-state index contributed by atoms with van der Waals surface area (Å²) in [5.74, 6) is 0.766. The van der Waals surface area contributed by atoms with Gasteiger partial charge in [0, 0.05) is 37.2 Å². The number of fused-ring (bicyclic) bond motifs is 1. The molecular weight excluding hydrogens is 370 g/mol. The van der Waals surface area contributed by atoms with Crippen molar-refractivity contribution in [3.63, 3.8) is 0 Å². The first-order chi connectivity index (χ1) is 12.8. The molecule has 1 N–H and O–H groups in total. The van der Waals surface area contributed by atoms with E-state index in [0.717, 1.165) is 11.1 Å². The van der Waals surface area contributed by atoms with Crippen molar-refractivity contribution in [1.82, 2.24) is 9.29 Å². The number of rotatable bonds is 5. The third kappa shape index (κ3) is 4.04. The van der Waals surface area contributed by atoms with Crippen LogP contribution in [0.2, 0.25) is 0 Å². The van der Waals surface area contributed by atoms with E-state index in [1.807, 2.05) is 0 Å². The minimum atomic E-state index is -3.29. The van der Waals surface area contributed by atoms with Crippen LogP contribution < -0.4 is 14.8 Å². The highest BCUT2D eigenvalue weighted by Crippen LogP contribution is 2.30. The highest BCUT2D eigenvalue weighted by molar-refractivity contribution is 7.88. The third-order valence-corrected chi connectivity index (χ3v) is 5.71. The number of ether oxygens (including phenoxy) is 2. The summed E-state index contributed by atoms with van der Waals surface area (Å²) in [6.07, 6.45) is 4.75. The Hall–Kier alpha value is -2.65. The van der Waals surface area contributed by atoms with Crippen molar-refractivity contribution >= 4 is 21.6 Å². The Kier molecular flexibility index (Phi) is 5.33. The van der Waals surface area contributed by atoms with Crippen LogP contribution >= 0.6 is 0 Å². The number of nitrogens with zero attached hydrogens (tertiary/aromatic N) is 2. The van der Waals surface area contributed by atoms with Gasteiger partial charge in [0.05, 0.1) is 26.0 Å². The van der Waals surface area contributed by atoms with Gasteiger partial charge in [-0.05, 0) is 29.7 Å². The van der Waals surface area contributed by atoms with E-state index in [0.29, 0.717) is 35.7 Å². The van der Waals surface area contributed by atoms with Crippen molar-refractivity contribution in [1.29, 1.82) is 0 Å². The predicted molar refractivity (Wildman–Crippen MR) is 101 cm³/mol. The zero-order chi connectivity index (χ0) is 19.6. The largest absolute Gasteiger partial charge is 0.493 e. The van der Waals surface area contributed by atoms with Crippen LogP contribution in [0.5, 0.6) is 11.5 Å². The summed E-state index contributed by atoms with van der Waals surface area (Å²) in [7, 11) is -0.224. The number of hydrogen-bond acceptors (Lipinski definition) is 6. The molecule has 0 atom stereocenters. The van der Waals surface area contributed by atoms with Crippen LogP contribution in [-0.4, -0.2) is 50.6 Å². The van der Waals surface area contributed by atoms with Crippen LogP contribution in [0.1, 0.15) is 21.5 Å². The van der Waals surface area contributed by atoms with Crippen LogP contribution in [-0.2, 0) is 23.0 Å². The van der Waals surface area contributed by atoms with Crippen LogP contribution in [0, 0.1) is 0 Å². The van der Waals surface area contributed by atoms with Crippen molar-refractivity contribution in [3.05, 3.63) is 47.3 Å². The van der Waals surface area contributed by atoms with Gasteiger partial charge in [-0.25, -0.2) is 8.42 Å². The number of anilines is 1. The number of methoxy groups -OCH3 is 2. The van der Waals surface area contributed by atoms with Gasteiger partial charge in [-0.15, -0.1) is 0 Å². The number of carbonyl (C=O) groups excluding carboxylic acids is 1. The van der Waals surface area contributed by atoms with E-state index in [-0.39, 0.29) is 12.5 Å². The van der Waals surface area contributed by atoms with Crippen LogP contribution in [0.25, 0.3) is 0 Å². The molecule has 1 aliphatic rings. The number of hydrogen-bond donors (Lipinski definition) is 1. The van der Waals surface area contributed by atoms with Gasteiger partial charge in [0.25, 0.3) is 5.91 Å². The maximum Gasteiger partial charge on any atom is 0.257 e. The summed E-state index contributed by atoms with van der Waals surface area (Å²) in [5, 5.41) is 2.83.